The van der Waals surface area contributed by atoms with Crippen LogP contribution in [0.2, 0.25) is 0 Å². The van der Waals surface area contributed by atoms with E-state index in [2.05, 4.69) is 11.8 Å². The van der Waals surface area contributed by atoms with Gasteiger partial charge in [0.05, 0.1) is 18.0 Å². The molecule has 0 bridgehead atoms. The number of carbonyl (C=O) groups is 2. The van der Waals surface area contributed by atoms with Crippen LogP contribution < -0.4 is 0 Å². The van der Waals surface area contributed by atoms with E-state index in [0.717, 1.165) is 16.0 Å². The Balaban J connectivity index is 1.71. The van der Waals surface area contributed by atoms with Crippen molar-refractivity contribution in [3.05, 3.63) is 89.2 Å². The number of aromatic nitrogens is 1. The summed E-state index contributed by atoms with van der Waals surface area (Å²) in [4.78, 5) is 24.3. The predicted molar refractivity (Wildman–Crippen MR) is 111 cm³/mol. The van der Waals surface area contributed by atoms with E-state index in [0.29, 0.717) is 17.8 Å². The lowest BCUT2D eigenvalue weighted by molar-refractivity contribution is -0.133. The highest BCUT2D eigenvalue weighted by Crippen LogP contribution is 2.18. The van der Waals surface area contributed by atoms with E-state index in [-0.39, 0.29) is 11.5 Å². The van der Waals surface area contributed by atoms with Crippen LogP contribution >= 0.6 is 11.8 Å². The van der Waals surface area contributed by atoms with Crippen molar-refractivity contribution in [3.63, 3.8) is 0 Å². The van der Waals surface area contributed by atoms with Gasteiger partial charge in [-0.1, -0.05) is 47.7 Å². The zero-order chi connectivity index (χ0) is 19.9. The minimum Gasteiger partial charge on any atom is -0.481 e. The number of rotatable bonds is 6. The molecule has 3 aromatic rings. The lowest BCUT2D eigenvalue weighted by Gasteiger charge is -2.05. The predicted octanol–water partition coefficient (Wildman–Crippen LogP) is 4.26. The van der Waals surface area contributed by atoms with Gasteiger partial charge in [0.1, 0.15) is 0 Å². The summed E-state index contributed by atoms with van der Waals surface area (Å²) in [6, 6.07) is 18.6. The summed E-state index contributed by atoms with van der Waals surface area (Å²) in [5.74, 6) is 5.31. The van der Waals surface area contributed by atoms with Gasteiger partial charge in [0.15, 0.2) is 0 Å². The molecule has 140 valence electrons. The quantitative estimate of drug-likeness (QED) is 0.389. The second-order valence-electron chi connectivity index (χ2n) is 6.23. The minimum atomic E-state index is -0.847. The molecule has 0 radical (unpaired) electrons. The zero-order valence-corrected chi connectivity index (χ0v) is 16.2. The molecule has 2 aromatic carbocycles. The van der Waals surface area contributed by atoms with Gasteiger partial charge in [-0.25, -0.2) is 0 Å². The third-order valence-electron chi connectivity index (χ3n) is 4.05. The molecule has 1 N–H and O–H groups in total. The molecule has 3 rings (SSSR count). The number of benzene rings is 2. The van der Waals surface area contributed by atoms with Crippen LogP contribution in [-0.4, -0.2) is 27.2 Å². The first-order chi connectivity index (χ1) is 13.5. The summed E-state index contributed by atoms with van der Waals surface area (Å²) in [5, 5.41) is 8.78. The normalized spacial score (nSPS) is 10.2. The molecule has 0 spiro atoms. The van der Waals surface area contributed by atoms with Crippen LogP contribution in [0.3, 0.4) is 0 Å². The lowest BCUT2D eigenvalue weighted by atomic mass is 10.1. The number of carbonyl (C=O) groups excluding carboxylic acids is 1. The number of thioether (sulfide) groups is 1. The molecule has 5 heteroatoms. The summed E-state index contributed by atoms with van der Waals surface area (Å²) >= 11 is 1.26. The molecule has 1 aromatic heterocycles. The van der Waals surface area contributed by atoms with Crippen LogP contribution in [0.5, 0.6) is 0 Å². The fourth-order valence-electron chi connectivity index (χ4n) is 2.65. The van der Waals surface area contributed by atoms with Gasteiger partial charge in [0.2, 0.25) is 5.78 Å². The first kappa shape index (κ1) is 19.5. The van der Waals surface area contributed by atoms with Crippen molar-refractivity contribution in [1.29, 1.82) is 0 Å². The maximum absolute atomic E-state index is 12.7. The van der Waals surface area contributed by atoms with E-state index in [1.807, 2.05) is 72.3 Å². The number of hydrogen-bond donors (Lipinski definition) is 1. The van der Waals surface area contributed by atoms with Gasteiger partial charge in [-0.15, -0.1) is 11.8 Å². The third kappa shape index (κ3) is 5.15. The fourth-order valence-corrected chi connectivity index (χ4v) is 3.32. The van der Waals surface area contributed by atoms with Gasteiger partial charge in [-0.3, -0.25) is 9.59 Å². The van der Waals surface area contributed by atoms with Crippen LogP contribution in [0.4, 0.5) is 0 Å². The van der Waals surface area contributed by atoms with Gasteiger partial charge >= 0.3 is 5.97 Å². The van der Waals surface area contributed by atoms with Crippen molar-refractivity contribution in [2.45, 2.75) is 18.4 Å². The van der Waals surface area contributed by atoms with E-state index in [4.69, 9.17) is 5.11 Å². The Labute approximate surface area is 168 Å². The van der Waals surface area contributed by atoms with E-state index in [1.54, 1.807) is 6.07 Å². The Kier molecular flexibility index (Phi) is 6.36. The Hall–Kier alpha value is -3.23. The van der Waals surface area contributed by atoms with Crippen molar-refractivity contribution in [1.82, 2.24) is 4.57 Å². The fraction of sp³-hybridized carbons (Fsp3) is 0.130. The highest BCUT2D eigenvalue weighted by Gasteiger charge is 2.12. The standard InChI is InChI=1S/C23H19NO3S/c1-17-9-11-19(12-10-17)23(27)21-8-4-14-24(21)13-3-6-18-5-2-7-20(15-18)28-16-22(25)26/h2,4-5,7-12,14-15H,13,16H2,1H3,(H,25,26). The van der Waals surface area contributed by atoms with Crippen LogP contribution in [0.15, 0.2) is 71.8 Å². The lowest BCUT2D eigenvalue weighted by Crippen LogP contribution is -2.09. The molecule has 0 aliphatic carbocycles. The van der Waals surface area contributed by atoms with Crippen molar-refractivity contribution >= 4 is 23.5 Å². The molecular weight excluding hydrogens is 370 g/mol. The van der Waals surface area contributed by atoms with Gasteiger partial charge < -0.3 is 9.67 Å². The molecular formula is C23H19NO3S. The molecule has 28 heavy (non-hydrogen) atoms. The van der Waals surface area contributed by atoms with Crippen LogP contribution in [0.25, 0.3) is 0 Å². The van der Waals surface area contributed by atoms with E-state index in [9.17, 15) is 9.59 Å². The molecule has 0 unspecified atom stereocenters. The van der Waals surface area contributed by atoms with Gasteiger partial charge in [-0.05, 0) is 37.3 Å². The summed E-state index contributed by atoms with van der Waals surface area (Å²) in [6.07, 6.45) is 1.84. The largest absolute Gasteiger partial charge is 0.481 e. The van der Waals surface area contributed by atoms with Crippen molar-refractivity contribution in [3.8, 4) is 11.8 Å². The Morgan fingerprint density at radius 3 is 2.61 bits per heavy atom. The van der Waals surface area contributed by atoms with Crippen molar-refractivity contribution in [2.24, 2.45) is 0 Å². The van der Waals surface area contributed by atoms with Crippen LogP contribution in [-0.2, 0) is 11.3 Å². The topological polar surface area (TPSA) is 59.3 Å². The third-order valence-corrected chi connectivity index (χ3v) is 5.03. The number of carboxylic acids is 1. The molecule has 0 saturated heterocycles. The highest BCUT2D eigenvalue weighted by atomic mass is 32.2. The average molecular weight is 389 g/mol. The van der Waals surface area contributed by atoms with E-state index >= 15 is 0 Å². The number of aryl methyl sites for hydroxylation is 1. The Morgan fingerprint density at radius 1 is 1.07 bits per heavy atom. The number of hydrogen-bond acceptors (Lipinski definition) is 3. The molecule has 1 heterocycles. The average Bonchev–Trinajstić information content (AvgIpc) is 3.15. The van der Waals surface area contributed by atoms with E-state index in [1.165, 1.54) is 11.8 Å². The first-order valence-electron chi connectivity index (χ1n) is 8.73. The number of nitrogens with zero attached hydrogens (tertiary/aromatic N) is 1. The maximum atomic E-state index is 12.7. The zero-order valence-electron chi connectivity index (χ0n) is 15.4. The monoisotopic (exact) mass is 389 g/mol. The smallest absolute Gasteiger partial charge is 0.313 e. The molecule has 0 amide bonds. The first-order valence-corrected chi connectivity index (χ1v) is 9.71. The highest BCUT2D eigenvalue weighted by molar-refractivity contribution is 8.00. The van der Waals surface area contributed by atoms with Crippen molar-refractivity contribution < 1.29 is 14.7 Å². The van der Waals surface area contributed by atoms with Crippen LogP contribution in [0, 0.1) is 18.8 Å². The molecule has 4 nitrogen and oxygen atoms in total. The second-order valence-corrected chi connectivity index (χ2v) is 7.28. The van der Waals surface area contributed by atoms with E-state index < -0.39 is 5.97 Å². The molecule has 0 atom stereocenters. The Morgan fingerprint density at radius 2 is 1.86 bits per heavy atom. The van der Waals surface area contributed by atoms with Gasteiger partial charge in [-0.2, -0.15) is 0 Å². The number of aliphatic carboxylic acids is 1. The van der Waals surface area contributed by atoms with Gasteiger partial charge in [0, 0.05) is 22.2 Å². The maximum Gasteiger partial charge on any atom is 0.313 e. The molecule has 0 saturated carbocycles. The molecule has 0 fully saturated rings. The summed E-state index contributed by atoms with van der Waals surface area (Å²) in [6.45, 7) is 2.38. The van der Waals surface area contributed by atoms with Gasteiger partial charge in [0.25, 0.3) is 0 Å². The number of carboxylic acid groups (broad SMARTS) is 1. The SMILES string of the molecule is Cc1ccc(C(=O)c2cccn2CC#Cc2cccc(SCC(=O)O)c2)cc1. The summed E-state index contributed by atoms with van der Waals surface area (Å²) < 4.78 is 1.83. The minimum absolute atomic E-state index is 0.0186. The van der Waals surface area contributed by atoms with Crippen molar-refractivity contribution in [2.75, 3.05) is 5.75 Å². The van der Waals surface area contributed by atoms with Crippen LogP contribution in [0.1, 0.15) is 27.2 Å². The summed E-state index contributed by atoms with van der Waals surface area (Å²) in [7, 11) is 0. The number of ketones is 1. The molecule has 0 aliphatic heterocycles. The second kappa shape index (κ2) is 9.12. The molecule has 0 aliphatic rings. The summed E-state index contributed by atoms with van der Waals surface area (Å²) in [5.41, 5.74) is 3.18. The Bertz CT molecular complexity index is 1060.